The molecule has 4 nitrogen and oxygen atoms in total. The van der Waals surface area contributed by atoms with Crippen molar-refractivity contribution in [2.24, 2.45) is 11.3 Å². The van der Waals surface area contributed by atoms with Crippen molar-refractivity contribution < 1.29 is 20.4 Å². The molecule has 0 radical (unpaired) electrons. The van der Waals surface area contributed by atoms with Gasteiger partial charge in [-0.3, -0.25) is 0 Å². The lowest BCUT2D eigenvalue weighted by molar-refractivity contribution is -0.0593. The highest BCUT2D eigenvalue weighted by Gasteiger charge is 2.40. The van der Waals surface area contributed by atoms with Crippen molar-refractivity contribution in [3.63, 3.8) is 0 Å². The third-order valence-corrected chi connectivity index (χ3v) is 4.52. The summed E-state index contributed by atoms with van der Waals surface area (Å²) in [7, 11) is 0. The van der Waals surface area contributed by atoms with E-state index in [1.54, 1.807) is 0 Å². The first-order valence-electron chi connectivity index (χ1n) is 7.19. The Labute approximate surface area is 110 Å². The Kier molecular flexibility index (Phi) is 7.15. The molecule has 108 valence electrons. The number of hydrogen-bond donors (Lipinski definition) is 4. The maximum atomic E-state index is 10.3. The molecule has 0 aromatic carbocycles. The van der Waals surface area contributed by atoms with Crippen LogP contribution >= 0.6 is 0 Å². The van der Waals surface area contributed by atoms with Gasteiger partial charge < -0.3 is 20.4 Å². The third-order valence-electron chi connectivity index (χ3n) is 4.52. The number of rotatable bonds is 8. The molecule has 0 amide bonds. The molecule has 1 aliphatic carbocycles. The van der Waals surface area contributed by atoms with Crippen LogP contribution in [0.4, 0.5) is 0 Å². The first-order valence-corrected chi connectivity index (χ1v) is 7.19. The van der Waals surface area contributed by atoms with E-state index in [2.05, 4.69) is 0 Å². The molecule has 1 rings (SSSR count). The van der Waals surface area contributed by atoms with Crippen LogP contribution in [0, 0.1) is 11.3 Å². The van der Waals surface area contributed by atoms with Crippen LogP contribution in [-0.4, -0.2) is 46.4 Å². The summed E-state index contributed by atoms with van der Waals surface area (Å²) < 4.78 is 0. The second kappa shape index (κ2) is 8.10. The zero-order valence-corrected chi connectivity index (χ0v) is 11.2. The van der Waals surface area contributed by atoms with E-state index in [9.17, 15) is 10.2 Å². The molecule has 1 aliphatic rings. The molecular formula is C14H28O4. The van der Waals surface area contributed by atoms with E-state index >= 15 is 0 Å². The Morgan fingerprint density at radius 1 is 1.00 bits per heavy atom. The van der Waals surface area contributed by atoms with Gasteiger partial charge in [0.05, 0.1) is 12.7 Å². The summed E-state index contributed by atoms with van der Waals surface area (Å²) in [6.45, 7) is 0.458. The maximum Gasteiger partial charge on any atom is 0.0618 e. The van der Waals surface area contributed by atoms with Crippen LogP contribution in [-0.2, 0) is 0 Å². The smallest absolute Gasteiger partial charge is 0.0618 e. The van der Waals surface area contributed by atoms with E-state index in [4.69, 9.17) is 10.2 Å². The van der Waals surface area contributed by atoms with Crippen molar-refractivity contribution in [3.8, 4) is 0 Å². The molecule has 0 spiro atoms. The number of hydrogen-bond acceptors (Lipinski definition) is 4. The monoisotopic (exact) mass is 260 g/mol. The van der Waals surface area contributed by atoms with E-state index in [1.807, 2.05) is 0 Å². The summed E-state index contributed by atoms with van der Waals surface area (Å²) in [5.74, 6) is 0.339. The predicted octanol–water partition coefficient (Wildman–Crippen LogP) is 1.06. The van der Waals surface area contributed by atoms with Crippen LogP contribution in [0.1, 0.15) is 51.4 Å². The molecule has 0 bridgehead atoms. The average Bonchev–Trinajstić information content (AvgIpc) is 2.43. The summed E-state index contributed by atoms with van der Waals surface area (Å²) >= 11 is 0. The quantitative estimate of drug-likeness (QED) is 0.492. The molecule has 0 aromatic heterocycles. The van der Waals surface area contributed by atoms with Gasteiger partial charge in [0.2, 0.25) is 0 Å². The molecule has 1 saturated carbocycles. The molecule has 4 N–H and O–H groups in total. The summed E-state index contributed by atoms with van der Waals surface area (Å²) in [5.41, 5.74) is -0.356. The number of aliphatic hydroxyl groups excluding tert-OH is 4. The zero-order chi connectivity index (χ0) is 13.4. The molecule has 0 aromatic rings. The largest absolute Gasteiger partial charge is 0.396 e. The highest BCUT2D eigenvalue weighted by atomic mass is 16.3. The average molecular weight is 260 g/mol. The maximum absolute atomic E-state index is 10.3. The van der Waals surface area contributed by atoms with Gasteiger partial charge in [-0.25, -0.2) is 0 Å². The van der Waals surface area contributed by atoms with Crippen LogP contribution in [0.2, 0.25) is 0 Å². The Bertz CT molecular complexity index is 212. The van der Waals surface area contributed by atoms with E-state index in [0.717, 1.165) is 44.9 Å². The first-order chi connectivity index (χ1) is 8.68. The van der Waals surface area contributed by atoms with E-state index < -0.39 is 6.10 Å². The van der Waals surface area contributed by atoms with Gasteiger partial charge in [-0.2, -0.15) is 0 Å². The van der Waals surface area contributed by atoms with Crippen molar-refractivity contribution in [2.45, 2.75) is 57.5 Å². The van der Waals surface area contributed by atoms with Crippen molar-refractivity contribution in [3.05, 3.63) is 0 Å². The van der Waals surface area contributed by atoms with Crippen molar-refractivity contribution >= 4 is 0 Å². The lowest BCUT2D eigenvalue weighted by Crippen LogP contribution is -2.42. The lowest BCUT2D eigenvalue weighted by atomic mass is 9.67. The minimum absolute atomic E-state index is 0.0340. The second-order valence-corrected chi connectivity index (χ2v) is 5.74. The van der Waals surface area contributed by atoms with Gasteiger partial charge in [-0.1, -0.05) is 12.8 Å². The van der Waals surface area contributed by atoms with Crippen LogP contribution in [0.5, 0.6) is 0 Å². The molecule has 0 aliphatic heterocycles. The van der Waals surface area contributed by atoms with Gasteiger partial charge in [-0.05, 0) is 44.4 Å². The van der Waals surface area contributed by atoms with Crippen molar-refractivity contribution in [1.29, 1.82) is 0 Å². The lowest BCUT2D eigenvalue weighted by Gasteiger charge is -2.42. The summed E-state index contributed by atoms with van der Waals surface area (Å²) in [4.78, 5) is 0. The Morgan fingerprint density at radius 3 is 2.17 bits per heavy atom. The van der Waals surface area contributed by atoms with Crippen LogP contribution in [0.25, 0.3) is 0 Å². The summed E-state index contributed by atoms with van der Waals surface area (Å²) in [5, 5.41) is 37.7. The number of aliphatic hydroxyl groups is 4. The predicted molar refractivity (Wildman–Crippen MR) is 70.1 cm³/mol. The highest BCUT2D eigenvalue weighted by Crippen LogP contribution is 2.42. The molecule has 0 heterocycles. The Morgan fingerprint density at radius 2 is 1.67 bits per heavy atom. The second-order valence-electron chi connectivity index (χ2n) is 5.74. The Balaban J connectivity index is 2.39. The third kappa shape index (κ3) is 4.19. The minimum Gasteiger partial charge on any atom is -0.396 e. The van der Waals surface area contributed by atoms with Crippen molar-refractivity contribution in [2.75, 3.05) is 19.8 Å². The summed E-state index contributed by atoms with van der Waals surface area (Å²) in [6.07, 6.45) is 6.24. The van der Waals surface area contributed by atoms with Gasteiger partial charge in [0.15, 0.2) is 0 Å². The molecule has 1 unspecified atom stereocenters. The standard InChI is InChI=1S/C14H28O4/c15-9-3-1-2-4-13(18)14(11-17)7-5-12(10-16)6-8-14/h12-13,15-18H,1-11H2. The topological polar surface area (TPSA) is 80.9 Å². The minimum atomic E-state index is -0.458. The van der Waals surface area contributed by atoms with Crippen molar-refractivity contribution in [1.82, 2.24) is 0 Å². The van der Waals surface area contributed by atoms with Gasteiger partial charge >= 0.3 is 0 Å². The highest BCUT2D eigenvalue weighted by molar-refractivity contribution is 4.90. The number of unbranched alkanes of at least 4 members (excludes halogenated alkanes) is 2. The van der Waals surface area contributed by atoms with Crippen LogP contribution in [0.15, 0.2) is 0 Å². The van der Waals surface area contributed by atoms with E-state index in [-0.39, 0.29) is 25.2 Å². The van der Waals surface area contributed by atoms with Gasteiger partial charge in [0.1, 0.15) is 0 Å². The fourth-order valence-electron chi connectivity index (χ4n) is 2.96. The molecular weight excluding hydrogens is 232 g/mol. The summed E-state index contributed by atoms with van der Waals surface area (Å²) in [6, 6.07) is 0. The van der Waals surface area contributed by atoms with Crippen LogP contribution in [0.3, 0.4) is 0 Å². The van der Waals surface area contributed by atoms with Crippen LogP contribution < -0.4 is 0 Å². The normalized spacial score (nSPS) is 30.3. The van der Waals surface area contributed by atoms with Gasteiger partial charge in [0.25, 0.3) is 0 Å². The molecule has 0 saturated heterocycles. The first kappa shape index (κ1) is 15.9. The SMILES string of the molecule is OCCCCCC(O)C1(CO)CCC(CO)CC1. The van der Waals surface area contributed by atoms with E-state index in [0.29, 0.717) is 12.3 Å². The molecule has 1 fully saturated rings. The molecule has 18 heavy (non-hydrogen) atoms. The fraction of sp³-hybridized carbons (Fsp3) is 1.00. The zero-order valence-electron chi connectivity index (χ0n) is 11.2. The van der Waals surface area contributed by atoms with Gasteiger partial charge in [-0.15, -0.1) is 0 Å². The van der Waals surface area contributed by atoms with Gasteiger partial charge in [0, 0.05) is 18.6 Å². The van der Waals surface area contributed by atoms with E-state index in [1.165, 1.54) is 0 Å². The fourth-order valence-corrected chi connectivity index (χ4v) is 2.96. The molecule has 4 heteroatoms. The Hall–Kier alpha value is -0.160. The molecule has 1 atom stereocenters.